The van der Waals surface area contributed by atoms with Crippen LogP contribution in [0.1, 0.15) is 39.2 Å². The van der Waals surface area contributed by atoms with Gasteiger partial charge in [0.05, 0.1) is 0 Å². The van der Waals surface area contributed by atoms with E-state index in [0.717, 1.165) is 30.8 Å². The number of hydrogen-bond acceptors (Lipinski definition) is 3. The number of aromatic nitrogens is 1. The van der Waals surface area contributed by atoms with E-state index in [1.54, 1.807) is 0 Å². The van der Waals surface area contributed by atoms with Gasteiger partial charge in [0.15, 0.2) is 0 Å². The maximum atomic E-state index is 9.87. The molecule has 0 bridgehead atoms. The van der Waals surface area contributed by atoms with Gasteiger partial charge in [0, 0.05) is 19.3 Å². The largest absolute Gasteiger partial charge is 3.00 e. The number of benzene rings is 1. The van der Waals surface area contributed by atoms with E-state index < -0.39 is 7.81 Å². The van der Waals surface area contributed by atoms with E-state index in [1.807, 2.05) is 49.2 Å². The van der Waals surface area contributed by atoms with E-state index in [2.05, 4.69) is 30.1 Å². The SMILES string of the molecule is CCCCc1ccc(-c2[c-]cccc2)nc1.CCN(CC)C(=S)[S-].F[P-](F)(F)(F)(F)F.[Au+3]. The Balaban J connectivity index is 0. The van der Waals surface area contributed by atoms with Gasteiger partial charge in [0.2, 0.25) is 0 Å². The summed E-state index contributed by atoms with van der Waals surface area (Å²) in [6.07, 6.45) is 5.57. The Bertz CT molecular complexity index is 776. The molecule has 0 saturated carbocycles. The first-order chi connectivity index (χ1) is 14.1. The number of thiocarbonyl (C=S) groups is 1. The summed E-state index contributed by atoms with van der Waals surface area (Å²) in [5, 5.41) is 0. The summed E-state index contributed by atoms with van der Waals surface area (Å²) in [7, 11) is -10.7. The Kier molecular flexibility index (Phi) is 14.4. The average molecular weight is 701 g/mol. The molecular formula is C20H26AuF6N2PS2. The van der Waals surface area contributed by atoms with Gasteiger partial charge in [0.1, 0.15) is 0 Å². The maximum Gasteiger partial charge on any atom is 3.00 e. The van der Waals surface area contributed by atoms with Gasteiger partial charge in [-0.15, -0.1) is 35.9 Å². The number of rotatable bonds is 6. The molecule has 0 atom stereocenters. The van der Waals surface area contributed by atoms with Gasteiger partial charge in [-0.25, -0.2) is 0 Å². The Hall–Kier alpha value is -0.770. The number of pyridine rings is 1. The first-order valence-corrected chi connectivity index (χ1v) is 12.4. The van der Waals surface area contributed by atoms with Crippen LogP contribution in [0.25, 0.3) is 11.3 Å². The zero-order chi connectivity index (χ0) is 24.2. The van der Waals surface area contributed by atoms with Gasteiger partial charge < -0.3 is 34.7 Å². The van der Waals surface area contributed by atoms with Crippen LogP contribution in [0.2, 0.25) is 0 Å². The van der Waals surface area contributed by atoms with Crippen LogP contribution in [0.4, 0.5) is 25.2 Å². The van der Waals surface area contributed by atoms with E-state index in [4.69, 9.17) is 24.8 Å². The van der Waals surface area contributed by atoms with Crippen molar-refractivity contribution in [2.75, 3.05) is 13.1 Å². The summed E-state index contributed by atoms with van der Waals surface area (Å²) in [6, 6.07) is 15.4. The van der Waals surface area contributed by atoms with E-state index in [0.29, 0.717) is 4.32 Å². The molecule has 2 aromatic rings. The van der Waals surface area contributed by atoms with Crippen molar-refractivity contribution in [1.82, 2.24) is 9.88 Å². The molecular weight excluding hydrogens is 674 g/mol. The van der Waals surface area contributed by atoms with Crippen molar-refractivity contribution < 1.29 is 47.6 Å². The van der Waals surface area contributed by atoms with Crippen molar-refractivity contribution in [3.8, 4) is 11.3 Å². The molecule has 12 heteroatoms. The Morgan fingerprint density at radius 2 is 1.59 bits per heavy atom. The van der Waals surface area contributed by atoms with Crippen LogP contribution in [0, 0.1) is 6.07 Å². The van der Waals surface area contributed by atoms with Crippen LogP contribution in [0.15, 0.2) is 42.6 Å². The minimum Gasteiger partial charge on any atom is 3.00 e. The van der Waals surface area contributed by atoms with Crippen molar-refractivity contribution in [1.29, 1.82) is 0 Å². The van der Waals surface area contributed by atoms with Gasteiger partial charge in [-0.3, -0.25) is 0 Å². The van der Waals surface area contributed by atoms with Crippen molar-refractivity contribution in [2.24, 2.45) is 0 Å². The van der Waals surface area contributed by atoms with Crippen molar-refractivity contribution in [3.05, 3.63) is 54.2 Å². The molecule has 2 nitrogen and oxygen atoms in total. The minimum absolute atomic E-state index is 0. The van der Waals surface area contributed by atoms with E-state index in [9.17, 15) is 25.2 Å². The molecule has 0 aliphatic carbocycles. The number of nitrogens with zero attached hydrogens (tertiary/aromatic N) is 2. The number of halogens is 6. The van der Waals surface area contributed by atoms with Crippen LogP contribution in [0.5, 0.6) is 0 Å². The van der Waals surface area contributed by atoms with E-state index in [-0.39, 0.29) is 22.4 Å². The molecule has 1 aromatic carbocycles. The van der Waals surface area contributed by atoms with Crippen molar-refractivity contribution in [3.63, 3.8) is 0 Å². The Morgan fingerprint density at radius 3 is 1.91 bits per heavy atom. The van der Waals surface area contributed by atoms with Crippen LogP contribution >= 0.6 is 20.0 Å². The quantitative estimate of drug-likeness (QED) is 0.0751. The first-order valence-electron chi connectivity index (χ1n) is 9.51. The summed E-state index contributed by atoms with van der Waals surface area (Å²) in [6.45, 7) is 8.16. The second kappa shape index (κ2) is 13.8. The molecule has 0 N–H and O–H groups in total. The van der Waals surface area contributed by atoms with Gasteiger partial charge in [-0.05, 0) is 37.9 Å². The van der Waals surface area contributed by atoms with E-state index >= 15 is 0 Å². The smallest absolute Gasteiger partial charge is 3.00 e. The van der Waals surface area contributed by atoms with Crippen LogP contribution in [-0.4, -0.2) is 27.3 Å². The average Bonchev–Trinajstić information content (AvgIpc) is 2.66. The maximum absolute atomic E-state index is 10.7. The third-order valence-electron chi connectivity index (χ3n) is 3.65. The molecule has 0 fully saturated rings. The van der Waals surface area contributed by atoms with Crippen LogP contribution < -0.4 is 0 Å². The zero-order valence-electron chi connectivity index (χ0n) is 17.8. The molecule has 0 spiro atoms. The van der Waals surface area contributed by atoms with Gasteiger partial charge in [-0.1, -0.05) is 29.8 Å². The fraction of sp³-hybridized carbons (Fsp3) is 0.400. The van der Waals surface area contributed by atoms with Crippen molar-refractivity contribution >= 4 is 37.0 Å². The standard InChI is InChI=1S/C15H16N.C5H11NS2.Au.F6P/c1-2-3-7-13-10-11-15(16-12-13)14-8-5-4-6-9-14;1-3-6(4-2)5(7)8;;1-7(2,3,4,5)6/h4-6,8,10-12H,2-3,7H2,1H3;3-4H2,1-2H3,(H,7,8);;/q-1;;+3;-1/p-1. The molecule has 0 aliphatic rings. The number of hydrogen-bond donors (Lipinski definition) is 0. The summed E-state index contributed by atoms with van der Waals surface area (Å²) in [4.78, 5) is 6.43. The molecule has 32 heavy (non-hydrogen) atoms. The molecule has 1 heterocycles. The summed E-state index contributed by atoms with van der Waals surface area (Å²) >= 11 is 9.51. The first kappa shape index (κ1) is 33.4. The second-order valence-corrected chi connectivity index (χ2v) is 9.28. The predicted molar refractivity (Wildman–Crippen MR) is 124 cm³/mol. The molecule has 186 valence electrons. The molecule has 0 aliphatic heterocycles. The third-order valence-corrected chi connectivity index (χ3v) is 4.17. The zero-order valence-corrected chi connectivity index (χ0v) is 22.5. The molecule has 2 rings (SSSR count). The summed E-state index contributed by atoms with van der Waals surface area (Å²) in [5.74, 6) is 0. The number of aryl methyl sites for hydroxylation is 1. The normalized spacial score (nSPS) is 12.4. The van der Waals surface area contributed by atoms with Gasteiger partial charge >= 0.3 is 55.4 Å². The van der Waals surface area contributed by atoms with Gasteiger partial charge in [-0.2, -0.15) is 0 Å². The Labute approximate surface area is 212 Å². The molecule has 0 radical (unpaired) electrons. The number of unbranched alkanes of at least 4 members (excludes halogenated alkanes) is 1. The monoisotopic (exact) mass is 700 g/mol. The van der Waals surface area contributed by atoms with Crippen molar-refractivity contribution in [2.45, 2.75) is 40.0 Å². The van der Waals surface area contributed by atoms with Crippen LogP contribution in [0.3, 0.4) is 0 Å². The fourth-order valence-corrected chi connectivity index (χ4v) is 2.66. The molecule has 0 amide bonds. The topological polar surface area (TPSA) is 16.1 Å². The summed E-state index contributed by atoms with van der Waals surface area (Å²) < 4.78 is 59.8. The fourth-order valence-electron chi connectivity index (χ4n) is 2.15. The molecule has 1 aromatic heterocycles. The third kappa shape index (κ3) is 21.1. The van der Waals surface area contributed by atoms with E-state index in [1.165, 1.54) is 18.4 Å². The predicted octanol–water partition coefficient (Wildman–Crippen LogP) is 8.43. The molecule has 0 saturated heterocycles. The second-order valence-electron chi connectivity index (χ2n) is 6.33. The van der Waals surface area contributed by atoms with Gasteiger partial charge in [0.25, 0.3) is 0 Å². The van der Waals surface area contributed by atoms with Crippen LogP contribution in [-0.2, 0) is 41.4 Å². The summed E-state index contributed by atoms with van der Waals surface area (Å²) in [5.41, 5.74) is 3.38. The minimum atomic E-state index is -10.7. The molecule has 0 unspecified atom stereocenters. The Morgan fingerprint density at radius 1 is 1.03 bits per heavy atom.